The summed E-state index contributed by atoms with van der Waals surface area (Å²) in [7, 11) is 0. The zero-order valence-electron chi connectivity index (χ0n) is 8.87. The van der Waals surface area contributed by atoms with Gasteiger partial charge in [0.1, 0.15) is 6.54 Å². The van der Waals surface area contributed by atoms with Crippen molar-refractivity contribution in [3.05, 3.63) is 24.3 Å². The Morgan fingerprint density at radius 1 is 1.38 bits per heavy atom. The number of halogens is 3. The van der Waals surface area contributed by atoms with Crippen LogP contribution in [-0.2, 0) is 4.79 Å². The smallest absolute Gasteiger partial charge is 0.395 e. The lowest BCUT2D eigenvalue weighted by atomic mass is 10.3. The van der Waals surface area contributed by atoms with Gasteiger partial charge in [-0.3, -0.25) is 4.79 Å². The third-order valence-electron chi connectivity index (χ3n) is 1.59. The topological polar surface area (TPSA) is 40.5 Å². The van der Waals surface area contributed by atoms with E-state index in [2.05, 4.69) is 0 Å². The maximum Gasteiger partial charge on any atom is 0.406 e. The predicted molar refractivity (Wildman–Crippen MR) is 53.7 cm³/mol. The van der Waals surface area contributed by atoms with Gasteiger partial charge in [-0.05, 0) is 6.92 Å². The van der Waals surface area contributed by atoms with E-state index >= 15 is 0 Å². The number of carbonyl (C=O) groups excluding carboxylic acids is 1. The monoisotopic (exact) mass is 237 g/mol. The molecule has 3 nitrogen and oxygen atoms in total. The average molecular weight is 237 g/mol. The molecule has 0 atom stereocenters. The number of allylic oxidation sites excluding steroid dienone is 3. The molecule has 0 aromatic heterocycles. The van der Waals surface area contributed by atoms with Gasteiger partial charge in [0, 0.05) is 12.6 Å². The highest BCUT2D eigenvalue weighted by molar-refractivity contribution is 5.87. The first-order valence-corrected chi connectivity index (χ1v) is 4.66. The Hall–Kier alpha value is -1.30. The number of rotatable bonds is 5. The summed E-state index contributed by atoms with van der Waals surface area (Å²) in [4.78, 5) is 11.8. The van der Waals surface area contributed by atoms with Crippen molar-refractivity contribution in [2.24, 2.45) is 0 Å². The Labute approximate surface area is 91.9 Å². The van der Waals surface area contributed by atoms with Crippen LogP contribution in [0.3, 0.4) is 0 Å². The lowest BCUT2D eigenvalue weighted by Crippen LogP contribution is -2.39. The van der Waals surface area contributed by atoms with Crippen LogP contribution in [-0.4, -0.2) is 41.8 Å². The Morgan fingerprint density at radius 2 is 2.00 bits per heavy atom. The van der Waals surface area contributed by atoms with E-state index in [-0.39, 0.29) is 6.54 Å². The van der Waals surface area contributed by atoms with Crippen LogP contribution < -0.4 is 0 Å². The number of hydrogen-bond acceptors (Lipinski definition) is 2. The second-order valence-corrected chi connectivity index (χ2v) is 2.98. The van der Waals surface area contributed by atoms with E-state index in [0.717, 1.165) is 6.08 Å². The molecule has 0 saturated carbocycles. The molecule has 0 saturated heterocycles. The average Bonchev–Trinajstić information content (AvgIpc) is 2.15. The Balaban J connectivity index is 4.46. The summed E-state index contributed by atoms with van der Waals surface area (Å²) in [5, 5.41) is 8.55. The fraction of sp³-hybridized carbons (Fsp3) is 0.500. The van der Waals surface area contributed by atoms with Crippen LogP contribution in [0.15, 0.2) is 24.3 Å². The summed E-state index contributed by atoms with van der Waals surface area (Å²) in [5.41, 5.74) is 0. The number of aliphatic hydroxyl groups is 1. The van der Waals surface area contributed by atoms with E-state index < -0.39 is 25.2 Å². The Bertz CT molecular complexity index is 272. The minimum atomic E-state index is -4.46. The van der Waals surface area contributed by atoms with Gasteiger partial charge >= 0.3 is 6.18 Å². The van der Waals surface area contributed by atoms with Crippen LogP contribution in [0, 0.1) is 0 Å². The molecule has 0 aliphatic rings. The van der Waals surface area contributed by atoms with Crippen molar-refractivity contribution in [1.82, 2.24) is 4.90 Å². The zero-order valence-corrected chi connectivity index (χ0v) is 8.87. The molecular formula is C10H14F3NO2. The van der Waals surface area contributed by atoms with E-state index in [4.69, 9.17) is 5.11 Å². The van der Waals surface area contributed by atoms with Crippen LogP contribution in [0.1, 0.15) is 6.92 Å². The number of carbonyl (C=O) groups is 1. The summed E-state index contributed by atoms with van der Waals surface area (Å²) in [5.74, 6) is -0.774. The van der Waals surface area contributed by atoms with Crippen LogP contribution in [0.25, 0.3) is 0 Å². The van der Waals surface area contributed by atoms with Gasteiger partial charge in [-0.15, -0.1) is 0 Å². The first kappa shape index (κ1) is 14.7. The zero-order chi connectivity index (χ0) is 12.6. The molecule has 0 rings (SSSR count). The molecule has 0 radical (unpaired) electrons. The fourth-order valence-electron chi connectivity index (χ4n) is 0.959. The molecule has 0 bridgehead atoms. The molecule has 0 aromatic rings. The molecule has 0 aliphatic heterocycles. The number of alkyl halides is 3. The second kappa shape index (κ2) is 7.05. The van der Waals surface area contributed by atoms with Gasteiger partial charge in [0.25, 0.3) is 0 Å². The van der Waals surface area contributed by atoms with Gasteiger partial charge < -0.3 is 10.0 Å². The van der Waals surface area contributed by atoms with E-state index in [1.807, 2.05) is 0 Å². The lowest BCUT2D eigenvalue weighted by molar-refractivity contribution is -0.159. The van der Waals surface area contributed by atoms with E-state index in [1.54, 1.807) is 13.0 Å². The number of hydrogen-bond donors (Lipinski definition) is 1. The highest BCUT2D eigenvalue weighted by atomic mass is 19.4. The van der Waals surface area contributed by atoms with Gasteiger partial charge in [0.05, 0.1) is 6.61 Å². The van der Waals surface area contributed by atoms with Crippen molar-refractivity contribution >= 4 is 5.91 Å². The number of aliphatic hydroxyl groups excluding tert-OH is 1. The van der Waals surface area contributed by atoms with Crippen LogP contribution in [0.4, 0.5) is 13.2 Å². The fourth-order valence-corrected chi connectivity index (χ4v) is 0.959. The van der Waals surface area contributed by atoms with Gasteiger partial charge in [0.2, 0.25) is 5.91 Å². The van der Waals surface area contributed by atoms with Gasteiger partial charge in [0.15, 0.2) is 0 Å². The summed E-state index contributed by atoms with van der Waals surface area (Å²) in [6, 6.07) is 0. The molecule has 1 N–H and O–H groups in total. The van der Waals surface area contributed by atoms with E-state index in [0.29, 0.717) is 4.90 Å². The van der Waals surface area contributed by atoms with Crippen molar-refractivity contribution in [3.63, 3.8) is 0 Å². The largest absolute Gasteiger partial charge is 0.406 e. The highest BCUT2D eigenvalue weighted by Gasteiger charge is 2.31. The normalized spacial score (nSPS) is 12.6. The maximum atomic E-state index is 12.1. The van der Waals surface area contributed by atoms with Gasteiger partial charge in [-0.2, -0.15) is 13.2 Å². The van der Waals surface area contributed by atoms with Crippen LogP contribution in [0.5, 0.6) is 0 Å². The molecule has 0 spiro atoms. The number of amides is 1. The van der Waals surface area contributed by atoms with E-state index in [1.165, 1.54) is 12.2 Å². The Kier molecular flexibility index (Phi) is 6.48. The standard InChI is InChI=1S/C10H14F3NO2/c1-2-3-4-5-9(16)14(6-7-15)8-10(11,12)13/h2-5,15H,6-8H2,1H3. The first-order chi connectivity index (χ1) is 7.40. The van der Waals surface area contributed by atoms with Gasteiger partial charge in [-0.25, -0.2) is 0 Å². The third-order valence-corrected chi connectivity index (χ3v) is 1.59. The molecule has 1 amide bonds. The SMILES string of the molecule is CC=CC=CC(=O)N(CCO)CC(F)(F)F. The minimum Gasteiger partial charge on any atom is -0.395 e. The van der Waals surface area contributed by atoms with Crippen LogP contribution >= 0.6 is 0 Å². The molecule has 0 aliphatic carbocycles. The van der Waals surface area contributed by atoms with Crippen molar-refractivity contribution in [2.75, 3.05) is 19.7 Å². The van der Waals surface area contributed by atoms with Crippen LogP contribution in [0.2, 0.25) is 0 Å². The molecular weight excluding hydrogens is 223 g/mol. The summed E-state index contributed by atoms with van der Waals surface area (Å²) < 4.78 is 36.2. The van der Waals surface area contributed by atoms with Gasteiger partial charge in [-0.1, -0.05) is 18.2 Å². The van der Waals surface area contributed by atoms with Crippen molar-refractivity contribution in [2.45, 2.75) is 13.1 Å². The van der Waals surface area contributed by atoms with E-state index in [9.17, 15) is 18.0 Å². The van der Waals surface area contributed by atoms with Crippen molar-refractivity contribution < 1.29 is 23.1 Å². The number of nitrogens with zero attached hydrogens (tertiary/aromatic N) is 1. The Morgan fingerprint density at radius 3 is 2.44 bits per heavy atom. The summed E-state index contributed by atoms with van der Waals surface area (Å²) >= 11 is 0. The third kappa shape index (κ3) is 7.05. The predicted octanol–water partition coefficient (Wildman–Crippen LogP) is 1.50. The molecule has 0 aromatic carbocycles. The van der Waals surface area contributed by atoms with Crippen molar-refractivity contribution in [3.8, 4) is 0 Å². The summed E-state index contributed by atoms with van der Waals surface area (Å²) in [6.07, 6.45) is 1.09. The maximum absolute atomic E-state index is 12.1. The molecule has 0 fully saturated rings. The minimum absolute atomic E-state index is 0.335. The molecule has 0 heterocycles. The quantitative estimate of drug-likeness (QED) is 0.581. The van der Waals surface area contributed by atoms with Crippen molar-refractivity contribution in [1.29, 1.82) is 0 Å². The molecule has 16 heavy (non-hydrogen) atoms. The lowest BCUT2D eigenvalue weighted by Gasteiger charge is -2.21. The first-order valence-electron chi connectivity index (χ1n) is 4.66. The highest BCUT2D eigenvalue weighted by Crippen LogP contribution is 2.16. The summed E-state index contributed by atoms with van der Waals surface area (Å²) in [6.45, 7) is -0.472. The molecule has 0 unspecified atom stereocenters. The molecule has 92 valence electrons. The second-order valence-electron chi connectivity index (χ2n) is 2.98. The molecule has 6 heteroatoms.